The molecule has 1 amide bonds. The third-order valence-corrected chi connectivity index (χ3v) is 6.04. The fourth-order valence-electron chi connectivity index (χ4n) is 2.64. The summed E-state index contributed by atoms with van der Waals surface area (Å²) in [5.41, 5.74) is 1.22. The van der Waals surface area contributed by atoms with Gasteiger partial charge in [0.05, 0.1) is 5.75 Å². The second-order valence-electron chi connectivity index (χ2n) is 5.54. The number of piperidine rings is 1. The molecule has 2 N–H and O–H groups in total. The summed E-state index contributed by atoms with van der Waals surface area (Å²) in [5, 5.41) is 8.41. The summed E-state index contributed by atoms with van der Waals surface area (Å²) in [4.78, 5) is 23.1. The Labute approximate surface area is 150 Å². The smallest absolute Gasteiger partial charge is 0.230 e. The lowest BCUT2D eigenvalue weighted by Gasteiger charge is -2.23. The van der Waals surface area contributed by atoms with Crippen LogP contribution in [-0.4, -0.2) is 40.8 Å². The monoisotopic (exact) mass is 372 g/mol. The van der Waals surface area contributed by atoms with E-state index in [1.54, 1.807) is 17.7 Å². The van der Waals surface area contributed by atoms with Gasteiger partial charge in [0.25, 0.3) is 0 Å². The fraction of sp³-hybridized carbons (Fsp3) is 0.533. The molecule has 0 spiro atoms. The number of thioether (sulfide) groups is 1. The molecule has 23 heavy (non-hydrogen) atoms. The van der Waals surface area contributed by atoms with E-state index in [0.717, 1.165) is 41.2 Å². The Bertz CT molecular complexity index is 685. The minimum absolute atomic E-state index is 0. The zero-order chi connectivity index (χ0) is 15.5. The van der Waals surface area contributed by atoms with Crippen molar-refractivity contribution in [3.63, 3.8) is 0 Å². The molecule has 1 saturated heterocycles. The first kappa shape index (κ1) is 18.4. The largest absolute Gasteiger partial charge is 0.351 e. The molecule has 1 unspecified atom stereocenters. The zero-order valence-electron chi connectivity index (χ0n) is 13.2. The average molecular weight is 373 g/mol. The number of hydrogen-bond acceptors (Lipinski definition) is 6. The number of nitrogens with zero attached hydrogens (tertiary/aromatic N) is 2. The van der Waals surface area contributed by atoms with Gasteiger partial charge in [0.2, 0.25) is 5.91 Å². The Morgan fingerprint density at radius 3 is 3.04 bits per heavy atom. The van der Waals surface area contributed by atoms with Crippen LogP contribution in [0.4, 0.5) is 0 Å². The summed E-state index contributed by atoms with van der Waals surface area (Å²) in [5.74, 6) is 0.479. The highest BCUT2D eigenvalue weighted by Crippen LogP contribution is 2.34. The molecule has 1 fully saturated rings. The van der Waals surface area contributed by atoms with Gasteiger partial charge >= 0.3 is 0 Å². The maximum atomic E-state index is 12.1. The number of hydrogen-bond donors (Lipinski definition) is 2. The SMILES string of the molecule is Cc1sc2ncnc(SCC(=O)NC3CCCNC3)c2c1C.Cl. The van der Waals surface area contributed by atoms with Crippen LogP contribution < -0.4 is 10.6 Å². The van der Waals surface area contributed by atoms with Crippen molar-refractivity contribution < 1.29 is 4.79 Å². The molecule has 126 valence electrons. The minimum atomic E-state index is 0. The van der Waals surface area contributed by atoms with Crippen LogP contribution in [0, 0.1) is 13.8 Å². The van der Waals surface area contributed by atoms with E-state index in [0.29, 0.717) is 5.75 Å². The van der Waals surface area contributed by atoms with Gasteiger partial charge in [-0.25, -0.2) is 9.97 Å². The maximum absolute atomic E-state index is 12.1. The van der Waals surface area contributed by atoms with E-state index >= 15 is 0 Å². The number of carbonyl (C=O) groups is 1. The summed E-state index contributed by atoms with van der Waals surface area (Å²) >= 11 is 3.18. The number of nitrogens with one attached hydrogen (secondary N) is 2. The van der Waals surface area contributed by atoms with Crippen molar-refractivity contribution in [1.29, 1.82) is 0 Å². The molecular formula is C15H21ClN4OS2. The number of carbonyl (C=O) groups excluding carboxylic acids is 1. The Morgan fingerprint density at radius 1 is 1.48 bits per heavy atom. The molecule has 5 nitrogen and oxygen atoms in total. The maximum Gasteiger partial charge on any atom is 0.230 e. The summed E-state index contributed by atoms with van der Waals surface area (Å²) in [7, 11) is 0. The first-order valence-corrected chi connectivity index (χ1v) is 9.29. The molecule has 1 atom stereocenters. The second kappa shape index (κ2) is 8.28. The van der Waals surface area contributed by atoms with Crippen molar-refractivity contribution >= 4 is 51.6 Å². The average Bonchev–Trinajstić information content (AvgIpc) is 2.82. The molecule has 2 aromatic heterocycles. The van der Waals surface area contributed by atoms with Crippen molar-refractivity contribution in [1.82, 2.24) is 20.6 Å². The van der Waals surface area contributed by atoms with Crippen LogP contribution >= 0.6 is 35.5 Å². The Morgan fingerprint density at radius 2 is 2.30 bits per heavy atom. The molecule has 0 radical (unpaired) electrons. The van der Waals surface area contributed by atoms with Gasteiger partial charge in [0.15, 0.2) is 0 Å². The number of aromatic nitrogens is 2. The van der Waals surface area contributed by atoms with E-state index in [2.05, 4.69) is 34.4 Å². The van der Waals surface area contributed by atoms with Gasteiger partial charge in [-0.3, -0.25) is 4.79 Å². The van der Waals surface area contributed by atoms with Crippen LogP contribution in [0.25, 0.3) is 10.2 Å². The van der Waals surface area contributed by atoms with Gasteiger partial charge in [-0.05, 0) is 38.8 Å². The topological polar surface area (TPSA) is 66.9 Å². The number of aryl methyl sites for hydroxylation is 2. The van der Waals surface area contributed by atoms with Crippen LogP contribution in [-0.2, 0) is 4.79 Å². The molecule has 3 heterocycles. The molecule has 0 saturated carbocycles. The standard InChI is InChI=1S/C15H20N4OS2.ClH/c1-9-10(2)22-15-13(9)14(17-8-18-15)21-7-12(20)19-11-4-3-5-16-6-11;/h8,11,16H,3-7H2,1-2H3,(H,19,20);1H. The number of rotatable bonds is 4. The number of amides is 1. The van der Waals surface area contributed by atoms with Crippen LogP contribution in [0.15, 0.2) is 11.4 Å². The summed E-state index contributed by atoms with van der Waals surface area (Å²) < 4.78 is 0. The summed E-state index contributed by atoms with van der Waals surface area (Å²) in [6, 6.07) is 0.261. The molecule has 1 aliphatic rings. The molecular weight excluding hydrogens is 352 g/mol. The van der Waals surface area contributed by atoms with Crippen LogP contribution in [0.2, 0.25) is 0 Å². The molecule has 0 aromatic carbocycles. The predicted molar refractivity (Wildman–Crippen MR) is 98.9 cm³/mol. The van der Waals surface area contributed by atoms with E-state index in [4.69, 9.17) is 0 Å². The highest BCUT2D eigenvalue weighted by molar-refractivity contribution is 8.00. The second-order valence-corrected chi connectivity index (χ2v) is 7.71. The van der Waals surface area contributed by atoms with Gasteiger partial charge in [0.1, 0.15) is 16.2 Å². The fourth-order valence-corrected chi connectivity index (χ4v) is 4.57. The van der Waals surface area contributed by atoms with E-state index < -0.39 is 0 Å². The van der Waals surface area contributed by atoms with E-state index in [9.17, 15) is 4.79 Å². The van der Waals surface area contributed by atoms with E-state index in [-0.39, 0.29) is 24.4 Å². The molecule has 8 heteroatoms. The van der Waals surface area contributed by atoms with Crippen LogP contribution in [0.3, 0.4) is 0 Å². The van der Waals surface area contributed by atoms with Gasteiger partial charge in [-0.1, -0.05) is 11.8 Å². The van der Waals surface area contributed by atoms with Gasteiger partial charge in [0, 0.05) is 22.8 Å². The Hall–Kier alpha value is -0.890. The lowest BCUT2D eigenvalue weighted by Crippen LogP contribution is -2.46. The minimum Gasteiger partial charge on any atom is -0.351 e. The number of thiophene rings is 1. The first-order valence-electron chi connectivity index (χ1n) is 7.48. The van der Waals surface area contributed by atoms with Gasteiger partial charge in [-0.2, -0.15) is 0 Å². The predicted octanol–water partition coefficient (Wildman–Crippen LogP) is 2.69. The molecule has 1 aliphatic heterocycles. The number of halogens is 1. The third-order valence-electron chi connectivity index (χ3n) is 3.93. The molecule has 2 aromatic rings. The summed E-state index contributed by atoms with van der Waals surface area (Å²) in [6.45, 7) is 6.11. The Kier molecular flexibility index (Phi) is 6.64. The van der Waals surface area contributed by atoms with Crippen molar-refractivity contribution in [2.75, 3.05) is 18.8 Å². The lowest BCUT2D eigenvalue weighted by molar-refractivity contribution is -0.119. The zero-order valence-corrected chi connectivity index (χ0v) is 15.7. The van der Waals surface area contributed by atoms with Gasteiger partial charge in [-0.15, -0.1) is 23.7 Å². The lowest BCUT2D eigenvalue weighted by atomic mass is 10.1. The Balaban J connectivity index is 0.00000192. The van der Waals surface area contributed by atoms with Crippen molar-refractivity contribution in [2.24, 2.45) is 0 Å². The third kappa shape index (κ3) is 4.35. The first-order chi connectivity index (χ1) is 10.6. The highest BCUT2D eigenvalue weighted by atomic mass is 35.5. The molecule has 0 aliphatic carbocycles. The molecule has 3 rings (SSSR count). The van der Waals surface area contributed by atoms with Crippen molar-refractivity contribution in [3.8, 4) is 0 Å². The quantitative estimate of drug-likeness (QED) is 0.638. The van der Waals surface area contributed by atoms with E-state index in [1.165, 1.54) is 22.2 Å². The number of fused-ring (bicyclic) bond motifs is 1. The highest BCUT2D eigenvalue weighted by Gasteiger charge is 2.17. The van der Waals surface area contributed by atoms with Crippen molar-refractivity contribution in [2.45, 2.75) is 37.8 Å². The van der Waals surface area contributed by atoms with Crippen molar-refractivity contribution in [3.05, 3.63) is 16.8 Å². The van der Waals surface area contributed by atoms with E-state index in [1.807, 2.05) is 0 Å². The normalized spacial score (nSPS) is 17.7. The molecule has 0 bridgehead atoms. The van der Waals surface area contributed by atoms with Gasteiger partial charge < -0.3 is 10.6 Å². The van der Waals surface area contributed by atoms with Crippen LogP contribution in [0.1, 0.15) is 23.3 Å². The van der Waals surface area contributed by atoms with Crippen LogP contribution in [0.5, 0.6) is 0 Å². The summed E-state index contributed by atoms with van der Waals surface area (Å²) in [6.07, 6.45) is 3.77.